The molecule has 1 fully saturated rings. The van der Waals surface area contributed by atoms with Crippen LogP contribution < -0.4 is 0 Å². The van der Waals surface area contributed by atoms with Crippen LogP contribution >= 0.6 is 0 Å². The molecule has 3 N–H and O–H groups in total. The van der Waals surface area contributed by atoms with E-state index in [4.69, 9.17) is 4.74 Å². The van der Waals surface area contributed by atoms with Gasteiger partial charge in [0, 0.05) is 5.57 Å². The van der Waals surface area contributed by atoms with E-state index in [1.165, 1.54) is 0 Å². The highest BCUT2D eigenvalue weighted by Gasteiger charge is 2.43. The number of aliphatic hydroxyl groups is 3. The molecule has 5 heteroatoms. The van der Waals surface area contributed by atoms with Crippen molar-refractivity contribution >= 4 is 5.97 Å². The van der Waals surface area contributed by atoms with Gasteiger partial charge in [0.1, 0.15) is 5.60 Å². The molecule has 25 heavy (non-hydrogen) atoms. The van der Waals surface area contributed by atoms with Gasteiger partial charge in [-0.05, 0) is 71.6 Å². The Morgan fingerprint density at radius 2 is 1.88 bits per heavy atom. The molecule has 5 nitrogen and oxygen atoms in total. The minimum atomic E-state index is -1.22. The number of hydrogen-bond donors (Lipinski definition) is 3. The monoisotopic (exact) mass is 352 g/mol. The summed E-state index contributed by atoms with van der Waals surface area (Å²) in [6.07, 6.45) is 4.00. The van der Waals surface area contributed by atoms with E-state index in [1.54, 1.807) is 13.8 Å². The zero-order valence-electron chi connectivity index (χ0n) is 15.6. The van der Waals surface area contributed by atoms with Crippen LogP contribution in [0, 0.1) is 5.92 Å². The second-order valence-corrected chi connectivity index (χ2v) is 8.22. The smallest absolute Gasteiger partial charge is 0.334 e. The van der Waals surface area contributed by atoms with E-state index in [1.807, 2.05) is 13.0 Å². The van der Waals surface area contributed by atoms with Gasteiger partial charge < -0.3 is 20.1 Å². The molecule has 0 radical (unpaired) electrons. The Hall–Kier alpha value is -1.17. The third kappa shape index (κ3) is 4.72. The SMILES string of the molecule is C=C1C(=O)OC2(C)CCC1CC(O)C(C)(O)CCC=C(C)CCC2O. The van der Waals surface area contributed by atoms with Crippen molar-refractivity contribution in [1.82, 2.24) is 0 Å². The third-order valence-electron chi connectivity index (χ3n) is 5.96. The summed E-state index contributed by atoms with van der Waals surface area (Å²) in [4.78, 5) is 12.4. The van der Waals surface area contributed by atoms with Gasteiger partial charge in [-0.1, -0.05) is 18.2 Å². The van der Waals surface area contributed by atoms with Crippen LogP contribution in [0.1, 0.15) is 65.7 Å². The van der Waals surface area contributed by atoms with Gasteiger partial charge in [0.2, 0.25) is 0 Å². The van der Waals surface area contributed by atoms with E-state index < -0.39 is 29.4 Å². The molecule has 1 saturated heterocycles. The van der Waals surface area contributed by atoms with Gasteiger partial charge in [-0.25, -0.2) is 4.79 Å². The molecular formula is C20H32O5. The minimum absolute atomic E-state index is 0.260. The second kappa shape index (κ2) is 7.60. The summed E-state index contributed by atoms with van der Waals surface area (Å²) in [7, 11) is 0. The lowest BCUT2D eigenvalue weighted by Gasteiger charge is -2.33. The number of esters is 1. The van der Waals surface area contributed by atoms with Gasteiger partial charge in [-0.3, -0.25) is 0 Å². The van der Waals surface area contributed by atoms with Gasteiger partial charge in [-0.15, -0.1) is 0 Å². The Morgan fingerprint density at radius 1 is 1.20 bits per heavy atom. The van der Waals surface area contributed by atoms with Crippen LogP contribution in [0.5, 0.6) is 0 Å². The van der Waals surface area contributed by atoms with Crippen LogP contribution in [-0.2, 0) is 9.53 Å². The minimum Gasteiger partial charge on any atom is -0.453 e. The van der Waals surface area contributed by atoms with E-state index in [9.17, 15) is 20.1 Å². The van der Waals surface area contributed by atoms with Crippen molar-refractivity contribution < 1.29 is 24.9 Å². The maximum absolute atomic E-state index is 12.4. The van der Waals surface area contributed by atoms with Crippen molar-refractivity contribution in [2.24, 2.45) is 5.92 Å². The summed E-state index contributed by atoms with van der Waals surface area (Å²) in [6.45, 7) is 9.25. The molecule has 142 valence electrons. The molecular weight excluding hydrogens is 320 g/mol. The van der Waals surface area contributed by atoms with Crippen LogP contribution in [0.3, 0.4) is 0 Å². The molecule has 0 saturated carbocycles. The van der Waals surface area contributed by atoms with Crippen molar-refractivity contribution in [2.45, 2.75) is 89.1 Å². The Kier molecular flexibility index (Phi) is 6.13. The summed E-state index contributed by atoms with van der Waals surface area (Å²) in [6, 6.07) is 0. The van der Waals surface area contributed by atoms with E-state index in [0.717, 1.165) is 5.57 Å². The first-order valence-corrected chi connectivity index (χ1v) is 9.21. The lowest BCUT2D eigenvalue weighted by Crippen LogP contribution is -2.43. The lowest BCUT2D eigenvalue weighted by molar-refractivity contribution is -0.165. The predicted molar refractivity (Wildman–Crippen MR) is 95.8 cm³/mol. The quantitative estimate of drug-likeness (QED) is 0.354. The van der Waals surface area contributed by atoms with Crippen LogP contribution in [-0.4, -0.2) is 44.7 Å². The van der Waals surface area contributed by atoms with Crippen LogP contribution in [0.2, 0.25) is 0 Å². The number of allylic oxidation sites excluding steroid dienone is 2. The highest BCUT2D eigenvalue weighted by Crippen LogP contribution is 2.38. The number of aliphatic hydroxyl groups excluding tert-OH is 2. The first kappa shape index (κ1) is 20.1. The van der Waals surface area contributed by atoms with E-state index in [0.29, 0.717) is 44.1 Å². The molecule has 0 spiro atoms. The summed E-state index contributed by atoms with van der Waals surface area (Å²) >= 11 is 0. The van der Waals surface area contributed by atoms with Crippen molar-refractivity contribution in [2.75, 3.05) is 0 Å². The fourth-order valence-electron chi connectivity index (χ4n) is 3.70. The fraction of sp³-hybridized carbons (Fsp3) is 0.750. The number of carbonyl (C=O) groups excluding carboxylic acids is 1. The molecule has 1 aliphatic heterocycles. The van der Waals surface area contributed by atoms with E-state index >= 15 is 0 Å². The van der Waals surface area contributed by atoms with E-state index in [-0.39, 0.29) is 12.3 Å². The molecule has 1 aliphatic carbocycles. The third-order valence-corrected chi connectivity index (χ3v) is 5.96. The summed E-state index contributed by atoms with van der Waals surface area (Å²) in [5.41, 5.74) is -0.741. The standard InChI is InChI=1S/C20H32O5/c1-13-6-5-10-19(3,24)17(22)12-15-9-11-20(4,16(21)8-7-13)25-18(23)14(15)2/h6,15-17,21-22,24H,2,5,7-12H2,1,3-4H3. The normalized spacial score (nSPS) is 41.5. The first-order valence-electron chi connectivity index (χ1n) is 9.21. The van der Waals surface area contributed by atoms with Gasteiger partial charge in [-0.2, -0.15) is 0 Å². The highest BCUT2D eigenvalue weighted by molar-refractivity contribution is 5.89. The van der Waals surface area contributed by atoms with E-state index in [2.05, 4.69) is 6.58 Å². The number of carbonyl (C=O) groups is 1. The second-order valence-electron chi connectivity index (χ2n) is 8.22. The molecule has 0 aromatic heterocycles. The summed E-state index contributed by atoms with van der Waals surface area (Å²) in [5, 5.41) is 31.8. The molecule has 2 rings (SSSR count). The Bertz CT molecular complexity index is 550. The summed E-state index contributed by atoms with van der Waals surface area (Å²) in [5.74, 6) is -0.777. The fourth-order valence-corrected chi connectivity index (χ4v) is 3.70. The van der Waals surface area contributed by atoms with Gasteiger partial charge in [0.05, 0.1) is 17.8 Å². The van der Waals surface area contributed by atoms with Gasteiger partial charge in [0.15, 0.2) is 0 Å². The van der Waals surface area contributed by atoms with Crippen molar-refractivity contribution in [3.05, 3.63) is 23.8 Å². The largest absolute Gasteiger partial charge is 0.453 e. The Balaban J connectivity index is 2.33. The molecule has 2 bridgehead atoms. The van der Waals surface area contributed by atoms with Crippen molar-refractivity contribution in [1.29, 1.82) is 0 Å². The first-order chi connectivity index (χ1) is 11.5. The molecule has 0 amide bonds. The van der Waals surface area contributed by atoms with Crippen molar-refractivity contribution in [3.8, 4) is 0 Å². The molecule has 5 atom stereocenters. The zero-order valence-corrected chi connectivity index (χ0v) is 15.6. The molecule has 1 heterocycles. The number of ether oxygens (including phenoxy) is 1. The van der Waals surface area contributed by atoms with Crippen LogP contribution in [0.15, 0.2) is 23.8 Å². The average molecular weight is 352 g/mol. The molecule has 5 unspecified atom stereocenters. The van der Waals surface area contributed by atoms with Crippen LogP contribution in [0.25, 0.3) is 0 Å². The molecule has 0 aromatic rings. The maximum atomic E-state index is 12.4. The average Bonchev–Trinajstić information content (AvgIpc) is 2.64. The Morgan fingerprint density at radius 3 is 2.56 bits per heavy atom. The number of fused-ring (bicyclic) bond motifs is 3. The molecule has 0 aromatic carbocycles. The lowest BCUT2D eigenvalue weighted by atomic mass is 9.80. The van der Waals surface area contributed by atoms with Crippen LogP contribution in [0.4, 0.5) is 0 Å². The number of rotatable bonds is 0. The maximum Gasteiger partial charge on any atom is 0.334 e. The zero-order chi connectivity index (χ0) is 18.8. The topological polar surface area (TPSA) is 87.0 Å². The van der Waals surface area contributed by atoms with Gasteiger partial charge >= 0.3 is 5.97 Å². The Labute approximate surface area is 150 Å². The van der Waals surface area contributed by atoms with Crippen molar-refractivity contribution in [3.63, 3.8) is 0 Å². The predicted octanol–water partition coefficient (Wildman–Crippen LogP) is 2.64. The highest BCUT2D eigenvalue weighted by atomic mass is 16.6. The molecule has 2 aliphatic rings. The van der Waals surface area contributed by atoms with Gasteiger partial charge in [0.25, 0.3) is 0 Å². The number of hydrogen-bond acceptors (Lipinski definition) is 5. The summed E-state index contributed by atoms with van der Waals surface area (Å²) < 4.78 is 5.60.